The predicted octanol–water partition coefficient (Wildman–Crippen LogP) is 3.11. The van der Waals surface area contributed by atoms with Crippen molar-refractivity contribution < 1.29 is 9.84 Å². The van der Waals surface area contributed by atoms with E-state index in [1.165, 1.54) is 0 Å². The first kappa shape index (κ1) is 15.5. The average molecular weight is 280 g/mol. The van der Waals surface area contributed by atoms with Gasteiger partial charge in [0.25, 0.3) is 0 Å². The molecule has 0 radical (unpaired) electrons. The standard InChI is InChI=1S/C16H28N2O2/c1-5-14(6-2)18-9-7-13(17-18)11-16(19)8-10-20-15(3,4)12-16/h7,9,14,19H,5-6,8,10-12H2,1-4H3. The minimum atomic E-state index is -0.686. The van der Waals surface area contributed by atoms with Crippen LogP contribution in [0.3, 0.4) is 0 Å². The molecule has 1 N–H and O–H groups in total. The summed E-state index contributed by atoms with van der Waals surface area (Å²) in [5.41, 5.74) is 0.0527. The van der Waals surface area contributed by atoms with Gasteiger partial charge in [0.1, 0.15) is 0 Å². The molecule has 1 aliphatic rings. The van der Waals surface area contributed by atoms with Gasteiger partial charge in [-0.2, -0.15) is 5.10 Å². The van der Waals surface area contributed by atoms with Gasteiger partial charge in [0, 0.05) is 19.0 Å². The Labute approximate surface area is 122 Å². The van der Waals surface area contributed by atoms with Crippen molar-refractivity contribution in [3.8, 4) is 0 Å². The van der Waals surface area contributed by atoms with E-state index >= 15 is 0 Å². The molecule has 1 aromatic rings. The number of aliphatic hydroxyl groups is 1. The lowest BCUT2D eigenvalue weighted by atomic mass is 9.81. The minimum absolute atomic E-state index is 0.245. The zero-order valence-corrected chi connectivity index (χ0v) is 13.2. The lowest BCUT2D eigenvalue weighted by Gasteiger charge is -2.41. The lowest BCUT2D eigenvalue weighted by Crippen LogP contribution is -2.47. The molecular weight excluding hydrogens is 252 g/mol. The molecule has 1 aromatic heterocycles. The van der Waals surface area contributed by atoms with Crippen molar-refractivity contribution in [2.75, 3.05) is 6.61 Å². The van der Waals surface area contributed by atoms with Gasteiger partial charge in [-0.3, -0.25) is 4.68 Å². The van der Waals surface area contributed by atoms with Gasteiger partial charge in [0.15, 0.2) is 0 Å². The maximum atomic E-state index is 10.8. The zero-order chi connectivity index (χ0) is 14.8. The number of hydrogen-bond acceptors (Lipinski definition) is 3. The highest BCUT2D eigenvalue weighted by atomic mass is 16.5. The van der Waals surface area contributed by atoms with Gasteiger partial charge in [-0.05, 0) is 39.2 Å². The molecule has 114 valence electrons. The molecule has 0 aliphatic carbocycles. The summed E-state index contributed by atoms with van der Waals surface area (Å²) in [4.78, 5) is 0. The average Bonchev–Trinajstić information content (AvgIpc) is 2.76. The Morgan fingerprint density at radius 2 is 2.10 bits per heavy atom. The highest BCUT2D eigenvalue weighted by Crippen LogP contribution is 2.34. The summed E-state index contributed by atoms with van der Waals surface area (Å²) in [5.74, 6) is 0. The van der Waals surface area contributed by atoms with E-state index in [0.717, 1.165) is 18.5 Å². The van der Waals surface area contributed by atoms with Crippen LogP contribution < -0.4 is 0 Å². The molecule has 1 saturated heterocycles. The normalized spacial score (nSPS) is 26.1. The van der Waals surface area contributed by atoms with Crippen molar-refractivity contribution in [1.29, 1.82) is 0 Å². The number of ether oxygens (including phenoxy) is 1. The van der Waals surface area contributed by atoms with Gasteiger partial charge in [-0.15, -0.1) is 0 Å². The maximum Gasteiger partial charge on any atom is 0.0752 e. The second-order valence-corrected chi connectivity index (χ2v) is 6.69. The summed E-state index contributed by atoms with van der Waals surface area (Å²) in [7, 11) is 0. The van der Waals surface area contributed by atoms with Crippen LogP contribution in [-0.2, 0) is 11.2 Å². The van der Waals surface area contributed by atoms with Gasteiger partial charge in [0.2, 0.25) is 0 Å². The van der Waals surface area contributed by atoms with Crippen LogP contribution in [0.1, 0.15) is 65.1 Å². The fraction of sp³-hybridized carbons (Fsp3) is 0.812. The second-order valence-electron chi connectivity index (χ2n) is 6.69. The van der Waals surface area contributed by atoms with Crippen LogP contribution in [0.25, 0.3) is 0 Å². The Bertz CT molecular complexity index is 437. The third-order valence-corrected chi connectivity index (χ3v) is 4.31. The van der Waals surface area contributed by atoms with Crippen LogP contribution in [0.4, 0.5) is 0 Å². The topological polar surface area (TPSA) is 47.3 Å². The first-order valence-corrected chi connectivity index (χ1v) is 7.78. The fourth-order valence-corrected chi connectivity index (χ4v) is 3.28. The van der Waals surface area contributed by atoms with Crippen molar-refractivity contribution in [1.82, 2.24) is 9.78 Å². The molecule has 0 bridgehead atoms. The van der Waals surface area contributed by atoms with Crippen LogP contribution >= 0.6 is 0 Å². The highest BCUT2D eigenvalue weighted by molar-refractivity contribution is 5.06. The van der Waals surface area contributed by atoms with E-state index < -0.39 is 5.60 Å². The smallest absolute Gasteiger partial charge is 0.0752 e. The molecule has 2 heterocycles. The summed E-state index contributed by atoms with van der Waals surface area (Å²) in [5, 5.41) is 15.4. The number of aromatic nitrogens is 2. The van der Waals surface area contributed by atoms with Crippen LogP contribution in [0, 0.1) is 0 Å². The third kappa shape index (κ3) is 3.61. The van der Waals surface area contributed by atoms with Crippen LogP contribution in [0.5, 0.6) is 0 Å². The summed E-state index contributed by atoms with van der Waals surface area (Å²) in [6, 6.07) is 2.50. The van der Waals surface area contributed by atoms with Gasteiger partial charge < -0.3 is 9.84 Å². The van der Waals surface area contributed by atoms with E-state index in [-0.39, 0.29) is 5.60 Å². The van der Waals surface area contributed by atoms with E-state index in [9.17, 15) is 5.11 Å². The minimum Gasteiger partial charge on any atom is -0.389 e. The molecule has 0 amide bonds. The summed E-state index contributed by atoms with van der Waals surface area (Å²) >= 11 is 0. The van der Waals surface area contributed by atoms with Gasteiger partial charge in [0.05, 0.1) is 29.5 Å². The van der Waals surface area contributed by atoms with E-state index in [0.29, 0.717) is 31.9 Å². The molecule has 4 heteroatoms. The van der Waals surface area contributed by atoms with Crippen molar-refractivity contribution in [3.63, 3.8) is 0 Å². The SMILES string of the molecule is CCC(CC)n1ccc(CC2(O)CCOC(C)(C)C2)n1. The van der Waals surface area contributed by atoms with E-state index in [1.54, 1.807) is 0 Å². The monoisotopic (exact) mass is 280 g/mol. The number of nitrogens with zero attached hydrogens (tertiary/aromatic N) is 2. The lowest BCUT2D eigenvalue weighted by molar-refractivity contribution is -0.143. The predicted molar refractivity (Wildman–Crippen MR) is 79.8 cm³/mol. The largest absolute Gasteiger partial charge is 0.389 e. The molecule has 1 atom stereocenters. The van der Waals surface area contributed by atoms with Gasteiger partial charge in [-0.1, -0.05) is 13.8 Å². The molecule has 1 aliphatic heterocycles. The molecule has 0 saturated carbocycles. The third-order valence-electron chi connectivity index (χ3n) is 4.31. The Hall–Kier alpha value is -0.870. The molecular formula is C16H28N2O2. The van der Waals surface area contributed by atoms with Crippen LogP contribution in [-0.4, -0.2) is 32.7 Å². The summed E-state index contributed by atoms with van der Waals surface area (Å²) in [6.45, 7) is 9.07. The Morgan fingerprint density at radius 1 is 1.40 bits per heavy atom. The Morgan fingerprint density at radius 3 is 2.70 bits per heavy atom. The van der Waals surface area contributed by atoms with Crippen molar-refractivity contribution >= 4 is 0 Å². The van der Waals surface area contributed by atoms with Gasteiger partial charge >= 0.3 is 0 Å². The van der Waals surface area contributed by atoms with E-state index in [2.05, 4.69) is 18.9 Å². The second kappa shape index (κ2) is 5.86. The number of rotatable bonds is 5. The Balaban J connectivity index is 2.06. The summed E-state index contributed by atoms with van der Waals surface area (Å²) in [6.07, 6.45) is 6.19. The molecule has 0 aromatic carbocycles. The molecule has 4 nitrogen and oxygen atoms in total. The summed E-state index contributed by atoms with van der Waals surface area (Å²) < 4.78 is 7.74. The van der Waals surface area contributed by atoms with Crippen molar-refractivity contribution in [2.45, 2.75) is 77.0 Å². The van der Waals surface area contributed by atoms with Gasteiger partial charge in [-0.25, -0.2) is 0 Å². The van der Waals surface area contributed by atoms with E-state index in [1.807, 2.05) is 30.8 Å². The first-order valence-electron chi connectivity index (χ1n) is 7.78. The van der Waals surface area contributed by atoms with Crippen molar-refractivity contribution in [3.05, 3.63) is 18.0 Å². The fourth-order valence-electron chi connectivity index (χ4n) is 3.28. The molecule has 0 spiro atoms. The molecule has 1 unspecified atom stereocenters. The molecule has 20 heavy (non-hydrogen) atoms. The zero-order valence-electron chi connectivity index (χ0n) is 13.2. The Kier molecular flexibility index (Phi) is 4.55. The first-order chi connectivity index (χ1) is 9.37. The molecule has 1 fully saturated rings. The quantitative estimate of drug-likeness (QED) is 0.901. The molecule has 2 rings (SSSR count). The van der Waals surface area contributed by atoms with Crippen molar-refractivity contribution in [2.24, 2.45) is 0 Å². The van der Waals surface area contributed by atoms with E-state index in [4.69, 9.17) is 4.74 Å². The number of hydrogen-bond donors (Lipinski definition) is 1. The van der Waals surface area contributed by atoms with Crippen LogP contribution in [0.15, 0.2) is 12.3 Å². The maximum absolute atomic E-state index is 10.8. The van der Waals surface area contributed by atoms with Crippen LogP contribution in [0.2, 0.25) is 0 Å². The highest BCUT2D eigenvalue weighted by Gasteiger charge is 2.39.